The van der Waals surface area contributed by atoms with Crippen molar-refractivity contribution in [1.29, 1.82) is 0 Å². The Morgan fingerprint density at radius 3 is 1.91 bits per heavy atom. The van der Waals surface area contributed by atoms with Crippen LogP contribution in [0, 0.1) is 0 Å². The van der Waals surface area contributed by atoms with Crippen LogP contribution >= 0.6 is 15.6 Å². The third-order valence-electron chi connectivity index (χ3n) is 3.75. The predicted octanol–water partition coefficient (Wildman–Crippen LogP) is -12.7. The molecule has 0 fully saturated rings. The van der Waals surface area contributed by atoms with Crippen LogP contribution in [-0.2, 0) is 22.3 Å². The molecule has 0 radical (unpaired) electrons. The Morgan fingerprint density at radius 1 is 0.853 bits per heavy atom. The molecule has 0 saturated carbocycles. The summed E-state index contributed by atoms with van der Waals surface area (Å²) in [4.78, 5) is 43.9. The maximum absolute atomic E-state index is 11.1. The van der Waals surface area contributed by atoms with Gasteiger partial charge < -0.3 is 52.7 Å². The van der Waals surface area contributed by atoms with Gasteiger partial charge >= 0.3 is 118 Å². The van der Waals surface area contributed by atoms with E-state index in [2.05, 4.69) is 9.05 Å². The van der Waals surface area contributed by atoms with Gasteiger partial charge in [0, 0.05) is 11.1 Å². The fourth-order valence-electron chi connectivity index (χ4n) is 2.58. The first-order chi connectivity index (χ1) is 14.0. The smallest absolute Gasteiger partial charge is 0.780 e. The molecule has 0 spiro atoms. The van der Waals surface area contributed by atoms with Crippen LogP contribution in [0.3, 0.4) is 0 Å². The van der Waals surface area contributed by atoms with Gasteiger partial charge in [-0.25, -0.2) is 0 Å². The molecule has 2 N–H and O–H groups in total. The fourth-order valence-corrected chi connectivity index (χ4v) is 3.38. The average Bonchev–Trinajstić information content (AvgIpc) is 2.65. The summed E-state index contributed by atoms with van der Waals surface area (Å²) < 4.78 is 35.6. The zero-order valence-electron chi connectivity index (χ0n) is 19.4. The number of aliphatic hydroxyl groups excluding tert-OH is 2. The molecule has 2 rings (SSSR count). The van der Waals surface area contributed by atoms with E-state index in [0.29, 0.717) is 16.7 Å². The molecule has 0 aliphatic heterocycles. The Bertz CT molecular complexity index is 1020. The molecule has 0 heterocycles. The van der Waals surface area contributed by atoms with Gasteiger partial charge in [0.2, 0.25) is 0 Å². The van der Waals surface area contributed by atoms with Gasteiger partial charge in [-0.05, 0) is 29.3 Å². The van der Waals surface area contributed by atoms with Crippen LogP contribution in [0.2, 0.25) is 0 Å². The van der Waals surface area contributed by atoms with Crippen LogP contribution in [0.1, 0.15) is 22.3 Å². The number of para-hydroxylation sites is 1. The fraction of sp³-hybridized carbons (Fsp3) is 0.176. The molecule has 164 valence electrons. The summed E-state index contributed by atoms with van der Waals surface area (Å²) >= 11 is 0. The summed E-state index contributed by atoms with van der Waals surface area (Å²) in [7, 11) is -9.84. The molecule has 0 saturated heterocycles. The summed E-state index contributed by atoms with van der Waals surface area (Å²) in [6.45, 7) is -0.781. The van der Waals surface area contributed by atoms with Crippen molar-refractivity contribution in [2.24, 2.45) is 0 Å². The summed E-state index contributed by atoms with van der Waals surface area (Å²) in [6.07, 6.45) is 2.66. The third kappa shape index (κ3) is 13.0. The van der Waals surface area contributed by atoms with Crippen LogP contribution < -0.4 is 152 Å². The molecule has 0 bridgehead atoms. The number of ether oxygens (including phenoxy) is 1. The minimum absolute atomic E-state index is 0. The topological polar surface area (TPSA) is 195 Å². The van der Waals surface area contributed by atoms with Crippen LogP contribution in [0.15, 0.2) is 30.3 Å². The second-order valence-corrected chi connectivity index (χ2v) is 7.92. The molecule has 17 heteroatoms. The molecule has 34 heavy (non-hydrogen) atoms. The van der Waals surface area contributed by atoms with Crippen molar-refractivity contribution < 1.29 is 171 Å². The number of methoxy groups -OCH3 is 1. The van der Waals surface area contributed by atoms with Gasteiger partial charge in [0.25, 0.3) is 0 Å². The van der Waals surface area contributed by atoms with E-state index in [-0.39, 0.29) is 136 Å². The largest absolute Gasteiger partial charge is 1.00 e. The van der Waals surface area contributed by atoms with Crippen LogP contribution in [0.4, 0.5) is 0 Å². The van der Waals surface area contributed by atoms with Crippen molar-refractivity contribution in [3.63, 3.8) is 0 Å². The maximum atomic E-state index is 11.1. The van der Waals surface area contributed by atoms with E-state index in [1.54, 1.807) is 0 Å². The second-order valence-electron chi connectivity index (χ2n) is 5.76. The molecular formula is C17H16Na4O11P2. The SMILES string of the molecule is COc1cc(/C=C\c2cccc(OP(=O)([O-])[O-])c2OP(=O)([O-])[O-])cc(CO)c1CO.[Na+].[Na+].[Na+].[Na+]. The summed E-state index contributed by atoms with van der Waals surface area (Å²) in [6, 6.07) is 6.49. The number of benzene rings is 2. The normalized spacial score (nSPS) is 10.8. The molecule has 0 unspecified atom stereocenters. The van der Waals surface area contributed by atoms with Crippen molar-refractivity contribution >= 4 is 27.8 Å². The zero-order valence-corrected chi connectivity index (χ0v) is 29.2. The molecule has 0 aliphatic carbocycles. The van der Waals surface area contributed by atoms with E-state index in [0.717, 1.165) is 6.07 Å². The van der Waals surface area contributed by atoms with Gasteiger partial charge in [-0.15, -0.1) is 0 Å². The number of phosphoric acid groups is 2. The van der Waals surface area contributed by atoms with Gasteiger partial charge in [-0.3, -0.25) is 0 Å². The Hall–Kier alpha value is 1.80. The Morgan fingerprint density at radius 2 is 1.44 bits per heavy atom. The molecule has 2 aromatic carbocycles. The first-order valence-corrected chi connectivity index (χ1v) is 11.1. The van der Waals surface area contributed by atoms with Gasteiger partial charge in [0.05, 0.1) is 20.3 Å². The van der Waals surface area contributed by atoms with Crippen molar-refractivity contribution in [3.8, 4) is 17.2 Å². The van der Waals surface area contributed by atoms with E-state index in [1.165, 1.54) is 43.5 Å². The molecule has 2 aromatic rings. The van der Waals surface area contributed by atoms with E-state index in [9.17, 15) is 38.9 Å². The van der Waals surface area contributed by atoms with E-state index in [4.69, 9.17) is 4.74 Å². The molecule has 0 aromatic heterocycles. The second kappa shape index (κ2) is 18.2. The molecule has 11 nitrogen and oxygen atoms in total. The maximum Gasteiger partial charge on any atom is 1.00 e. The van der Waals surface area contributed by atoms with Crippen LogP contribution in [0.25, 0.3) is 12.2 Å². The number of hydrogen-bond donors (Lipinski definition) is 2. The van der Waals surface area contributed by atoms with Crippen molar-refractivity contribution in [1.82, 2.24) is 0 Å². The van der Waals surface area contributed by atoms with Crippen molar-refractivity contribution in [2.75, 3.05) is 7.11 Å². The molecule has 0 aliphatic rings. The van der Waals surface area contributed by atoms with E-state index in [1.807, 2.05) is 0 Å². The number of aliphatic hydroxyl groups is 2. The van der Waals surface area contributed by atoms with Crippen molar-refractivity contribution in [3.05, 3.63) is 52.6 Å². The molecular weight excluding hydrogens is 534 g/mol. The summed E-state index contributed by atoms with van der Waals surface area (Å²) in [5.41, 5.74) is 1.09. The number of hydrogen-bond acceptors (Lipinski definition) is 11. The average molecular weight is 550 g/mol. The monoisotopic (exact) mass is 550 g/mol. The summed E-state index contributed by atoms with van der Waals surface area (Å²) in [5, 5.41) is 18.9. The third-order valence-corrected chi connectivity index (χ3v) is 4.58. The minimum atomic E-state index is -5.63. The molecule has 0 amide bonds. The Kier molecular flexibility index (Phi) is 21.5. The minimum Gasteiger partial charge on any atom is -0.780 e. The van der Waals surface area contributed by atoms with Gasteiger partial charge in [0.1, 0.15) is 21.4 Å². The first-order valence-electron chi connectivity index (χ1n) is 8.13. The van der Waals surface area contributed by atoms with Gasteiger partial charge in [-0.1, -0.05) is 24.3 Å². The van der Waals surface area contributed by atoms with Crippen LogP contribution in [0.5, 0.6) is 17.2 Å². The Balaban J connectivity index is -0.00000240. The predicted molar refractivity (Wildman–Crippen MR) is 96.7 cm³/mol. The standard InChI is InChI=1S/C17H20O11P2.4Na/c1-26-16-8-11(7-13(9-18)14(16)10-19)5-6-12-3-2-4-15(27-29(20,21)22)17(12)28-30(23,24)25;;;;/h2-8,18-19H,9-10H2,1H3,(H2,20,21,22)(H2,23,24,25);;;;/q;4*+1/p-4/b6-5-;;;;. The van der Waals surface area contributed by atoms with Crippen LogP contribution in [-0.4, -0.2) is 17.3 Å². The number of phosphoric ester groups is 2. The zero-order chi connectivity index (χ0) is 22.5. The summed E-state index contributed by atoms with van der Waals surface area (Å²) in [5.74, 6) is -1.28. The van der Waals surface area contributed by atoms with Gasteiger partial charge in [0.15, 0.2) is 11.5 Å². The van der Waals surface area contributed by atoms with Crippen molar-refractivity contribution in [2.45, 2.75) is 13.2 Å². The first kappa shape index (κ1) is 40.3. The van der Waals surface area contributed by atoms with Gasteiger partial charge in [-0.2, -0.15) is 0 Å². The molecule has 0 atom stereocenters. The Labute approximate surface area is 284 Å². The quantitative estimate of drug-likeness (QED) is 0.171. The van der Waals surface area contributed by atoms with E-state index >= 15 is 0 Å². The van der Waals surface area contributed by atoms with E-state index < -0.39 is 33.8 Å². The number of rotatable bonds is 9.